The molecule has 140 valence electrons. The van der Waals surface area contributed by atoms with Crippen LogP contribution in [-0.4, -0.2) is 21.4 Å². The summed E-state index contributed by atoms with van der Waals surface area (Å²) in [6.45, 7) is 7.40. The van der Waals surface area contributed by atoms with Crippen LogP contribution < -0.4 is 14.8 Å². The molecule has 6 nitrogen and oxygen atoms in total. The average Bonchev–Trinajstić information content (AvgIpc) is 2.58. The topological polar surface area (TPSA) is 84.5 Å². The Morgan fingerprint density at radius 1 is 1.08 bits per heavy atom. The maximum Gasteiger partial charge on any atom is 0.261 e. The molecule has 0 aliphatic carbocycles. The summed E-state index contributed by atoms with van der Waals surface area (Å²) in [4.78, 5) is 11.7. The Balaban J connectivity index is 2.43. The molecule has 0 aliphatic rings. The molecule has 0 spiro atoms. The van der Waals surface area contributed by atoms with Gasteiger partial charge in [-0.3, -0.25) is 9.52 Å². The predicted molar refractivity (Wildman–Crippen MR) is 103 cm³/mol. The van der Waals surface area contributed by atoms with E-state index in [1.165, 1.54) is 25.3 Å². The molecule has 1 amide bonds. The lowest BCUT2D eigenvalue weighted by atomic mass is 10.1. The number of anilines is 2. The lowest BCUT2D eigenvalue weighted by molar-refractivity contribution is -0.115. The molecule has 2 N–H and O–H groups in total. The highest BCUT2D eigenvalue weighted by Crippen LogP contribution is 2.30. The number of rotatable bonds is 6. The van der Waals surface area contributed by atoms with Crippen LogP contribution in [-0.2, 0) is 14.8 Å². The molecule has 0 aromatic heterocycles. The fraction of sp³-hybridized carbons (Fsp3) is 0.316. The first-order valence-electron chi connectivity index (χ1n) is 8.26. The summed E-state index contributed by atoms with van der Waals surface area (Å²) in [5, 5.41) is 2.66. The van der Waals surface area contributed by atoms with E-state index in [0.717, 1.165) is 16.7 Å². The van der Waals surface area contributed by atoms with Crippen LogP contribution in [0.15, 0.2) is 35.2 Å². The van der Waals surface area contributed by atoms with Gasteiger partial charge in [-0.15, -0.1) is 0 Å². The van der Waals surface area contributed by atoms with E-state index in [1.54, 1.807) is 6.92 Å². The van der Waals surface area contributed by atoms with Gasteiger partial charge in [-0.1, -0.05) is 24.6 Å². The van der Waals surface area contributed by atoms with Crippen molar-refractivity contribution in [3.63, 3.8) is 0 Å². The number of ether oxygens (including phenoxy) is 1. The molecule has 0 fully saturated rings. The highest BCUT2D eigenvalue weighted by Gasteiger charge is 2.19. The first-order chi connectivity index (χ1) is 12.2. The molecule has 0 radical (unpaired) electrons. The van der Waals surface area contributed by atoms with Gasteiger partial charge in [0.25, 0.3) is 10.0 Å². The molecular weight excluding hydrogens is 352 g/mol. The predicted octanol–water partition coefficient (Wildman–Crippen LogP) is 3.77. The molecule has 0 unspecified atom stereocenters. The zero-order valence-electron chi connectivity index (χ0n) is 15.6. The minimum atomic E-state index is -3.82. The van der Waals surface area contributed by atoms with Gasteiger partial charge in [-0.25, -0.2) is 8.42 Å². The number of hydrogen-bond donors (Lipinski definition) is 2. The number of benzene rings is 2. The minimum absolute atomic E-state index is 0.0454. The third kappa shape index (κ3) is 4.35. The van der Waals surface area contributed by atoms with E-state index < -0.39 is 10.0 Å². The third-order valence-corrected chi connectivity index (χ3v) is 5.34. The maximum atomic E-state index is 12.8. The van der Waals surface area contributed by atoms with Crippen molar-refractivity contribution in [3.05, 3.63) is 47.0 Å². The molecular formula is C19H24N2O4S. The van der Waals surface area contributed by atoms with Crippen LogP contribution in [0.4, 0.5) is 11.4 Å². The number of aryl methyl sites for hydroxylation is 3. The monoisotopic (exact) mass is 376 g/mol. The van der Waals surface area contributed by atoms with E-state index in [2.05, 4.69) is 10.0 Å². The fourth-order valence-corrected chi connectivity index (χ4v) is 3.95. The van der Waals surface area contributed by atoms with E-state index in [4.69, 9.17) is 4.74 Å². The second-order valence-corrected chi connectivity index (χ2v) is 7.83. The van der Waals surface area contributed by atoms with E-state index in [-0.39, 0.29) is 17.2 Å². The lowest BCUT2D eigenvalue weighted by Crippen LogP contribution is -2.16. The summed E-state index contributed by atoms with van der Waals surface area (Å²) in [7, 11) is -2.36. The second kappa shape index (κ2) is 7.78. The molecule has 0 saturated heterocycles. The molecule has 0 bridgehead atoms. The Labute approximate surface area is 154 Å². The standard InChI is InChI=1S/C19H24N2O4S/c1-6-18(22)20-16-11-15(7-8-17(16)25-5)26(23,24)21-19-13(3)9-12(2)10-14(19)4/h7-11,21H,6H2,1-5H3,(H,20,22). The SMILES string of the molecule is CCC(=O)Nc1cc(S(=O)(=O)Nc2c(C)cc(C)cc2C)ccc1OC. The van der Waals surface area contributed by atoms with Crippen molar-refractivity contribution in [2.45, 2.75) is 39.0 Å². The van der Waals surface area contributed by atoms with Gasteiger partial charge in [0.05, 0.1) is 23.4 Å². The molecule has 2 rings (SSSR count). The van der Waals surface area contributed by atoms with Gasteiger partial charge < -0.3 is 10.1 Å². The zero-order valence-corrected chi connectivity index (χ0v) is 16.5. The number of hydrogen-bond acceptors (Lipinski definition) is 4. The summed E-state index contributed by atoms with van der Waals surface area (Å²) in [5.41, 5.74) is 3.64. The molecule has 0 saturated carbocycles. The number of carbonyl (C=O) groups is 1. The van der Waals surface area contributed by atoms with Gasteiger partial charge in [0.15, 0.2) is 0 Å². The quantitative estimate of drug-likeness (QED) is 0.804. The molecule has 2 aromatic carbocycles. The fourth-order valence-electron chi connectivity index (χ4n) is 2.72. The van der Waals surface area contributed by atoms with Crippen molar-refractivity contribution in [3.8, 4) is 5.75 Å². The third-order valence-electron chi connectivity index (χ3n) is 3.99. The van der Waals surface area contributed by atoms with Crippen molar-refractivity contribution in [2.75, 3.05) is 17.1 Å². The van der Waals surface area contributed by atoms with E-state index in [9.17, 15) is 13.2 Å². The van der Waals surface area contributed by atoms with Gasteiger partial charge in [0.1, 0.15) is 5.75 Å². The van der Waals surface area contributed by atoms with Gasteiger partial charge in [0.2, 0.25) is 5.91 Å². The van der Waals surface area contributed by atoms with Crippen LogP contribution in [0.25, 0.3) is 0 Å². The van der Waals surface area contributed by atoms with Crippen LogP contribution in [0.3, 0.4) is 0 Å². The van der Waals surface area contributed by atoms with Crippen LogP contribution in [0.1, 0.15) is 30.0 Å². The highest BCUT2D eigenvalue weighted by atomic mass is 32.2. The Kier molecular flexibility index (Phi) is 5.92. The molecule has 0 atom stereocenters. The van der Waals surface area contributed by atoms with Crippen molar-refractivity contribution in [2.24, 2.45) is 0 Å². The molecule has 0 aliphatic heterocycles. The molecule has 7 heteroatoms. The first kappa shape index (κ1) is 19.8. The smallest absolute Gasteiger partial charge is 0.261 e. The van der Waals surface area contributed by atoms with Crippen LogP contribution in [0, 0.1) is 20.8 Å². The number of carbonyl (C=O) groups excluding carboxylic acids is 1. The van der Waals surface area contributed by atoms with Crippen LogP contribution in [0.5, 0.6) is 5.75 Å². The minimum Gasteiger partial charge on any atom is -0.495 e. The van der Waals surface area contributed by atoms with Crippen molar-refractivity contribution >= 4 is 27.3 Å². The van der Waals surface area contributed by atoms with Crippen molar-refractivity contribution < 1.29 is 17.9 Å². The molecule has 0 heterocycles. The lowest BCUT2D eigenvalue weighted by Gasteiger charge is -2.16. The van der Waals surface area contributed by atoms with Crippen LogP contribution in [0.2, 0.25) is 0 Å². The summed E-state index contributed by atoms with van der Waals surface area (Å²) in [6, 6.07) is 8.21. The Morgan fingerprint density at radius 3 is 2.23 bits per heavy atom. The molecule has 26 heavy (non-hydrogen) atoms. The first-order valence-corrected chi connectivity index (χ1v) is 9.74. The Bertz CT molecular complexity index is 914. The summed E-state index contributed by atoms with van der Waals surface area (Å²) >= 11 is 0. The van der Waals surface area contributed by atoms with Crippen molar-refractivity contribution in [1.82, 2.24) is 0 Å². The summed E-state index contributed by atoms with van der Waals surface area (Å²) in [5.74, 6) is 0.171. The highest BCUT2D eigenvalue weighted by molar-refractivity contribution is 7.92. The average molecular weight is 376 g/mol. The Morgan fingerprint density at radius 2 is 1.69 bits per heavy atom. The number of sulfonamides is 1. The van der Waals surface area contributed by atoms with Gasteiger partial charge in [-0.2, -0.15) is 0 Å². The van der Waals surface area contributed by atoms with Gasteiger partial charge in [-0.05, 0) is 50.1 Å². The maximum absolute atomic E-state index is 12.8. The van der Waals surface area contributed by atoms with Crippen LogP contribution >= 0.6 is 0 Å². The number of methoxy groups -OCH3 is 1. The number of nitrogens with one attached hydrogen (secondary N) is 2. The normalized spacial score (nSPS) is 11.1. The van der Waals surface area contributed by atoms with E-state index >= 15 is 0 Å². The molecule has 2 aromatic rings. The van der Waals surface area contributed by atoms with Gasteiger partial charge >= 0.3 is 0 Å². The van der Waals surface area contributed by atoms with Gasteiger partial charge in [0, 0.05) is 6.42 Å². The van der Waals surface area contributed by atoms with E-state index in [1.807, 2.05) is 32.9 Å². The second-order valence-electron chi connectivity index (χ2n) is 6.14. The number of amides is 1. The van der Waals surface area contributed by atoms with E-state index in [0.29, 0.717) is 17.1 Å². The summed E-state index contributed by atoms with van der Waals surface area (Å²) in [6.07, 6.45) is 0.278. The van der Waals surface area contributed by atoms with Crippen molar-refractivity contribution in [1.29, 1.82) is 0 Å². The Hall–Kier alpha value is -2.54. The largest absolute Gasteiger partial charge is 0.495 e. The zero-order chi connectivity index (χ0) is 19.5. The summed E-state index contributed by atoms with van der Waals surface area (Å²) < 4.78 is 33.5.